The second-order valence-electron chi connectivity index (χ2n) is 1.75. The maximum absolute atomic E-state index is 8.65. The molecular weight excluding hydrogens is 166 g/mol. The predicted molar refractivity (Wildman–Crippen MR) is 38.6 cm³/mol. The third-order valence-electron chi connectivity index (χ3n) is 0.850. The van der Waals surface area contributed by atoms with Crippen molar-refractivity contribution in [1.29, 1.82) is 0 Å². The van der Waals surface area contributed by atoms with Crippen molar-refractivity contribution in [2.45, 2.75) is 0 Å². The van der Waals surface area contributed by atoms with Crippen LogP contribution in [0.4, 0.5) is 0 Å². The summed E-state index contributed by atoms with van der Waals surface area (Å²) < 4.78 is 0. The number of aromatic hydroxyl groups is 2. The molecule has 0 aliphatic rings. The number of nitrogens with zero attached hydrogens (tertiary/aromatic N) is 1. The highest BCUT2D eigenvalue weighted by Crippen LogP contribution is 2.13. The fourth-order valence-corrected chi connectivity index (χ4v) is 0.453. The van der Waals surface area contributed by atoms with Crippen LogP contribution < -0.4 is 0 Å². The van der Waals surface area contributed by atoms with Crippen LogP contribution in [0.5, 0.6) is 11.5 Å². The van der Waals surface area contributed by atoms with Crippen molar-refractivity contribution in [3.05, 3.63) is 34.4 Å². The van der Waals surface area contributed by atoms with Gasteiger partial charge in [0.05, 0.1) is 0 Å². The summed E-state index contributed by atoms with van der Waals surface area (Å²) in [4.78, 5) is 8.36. The minimum absolute atomic E-state index is 0.169. The van der Waals surface area contributed by atoms with Crippen molar-refractivity contribution < 1.29 is 20.5 Å². The van der Waals surface area contributed by atoms with Gasteiger partial charge in [0.25, 0.3) is 5.09 Å². The molecule has 12 heavy (non-hydrogen) atoms. The molecule has 0 bridgehead atoms. The van der Waals surface area contributed by atoms with E-state index in [1.165, 1.54) is 24.3 Å². The van der Waals surface area contributed by atoms with E-state index in [1.54, 1.807) is 0 Å². The summed E-state index contributed by atoms with van der Waals surface area (Å²) in [6.07, 6.45) is 0. The van der Waals surface area contributed by atoms with Gasteiger partial charge in [-0.2, -0.15) is 0 Å². The molecule has 6 nitrogen and oxygen atoms in total. The number of phenolic OH excluding ortho intramolecular Hbond substituents is 2. The summed E-state index contributed by atoms with van der Waals surface area (Å²) in [6.45, 7) is 0. The Bertz CT molecular complexity index is 220. The second kappa shape index (κ2) is 4.78. The summed E-state index contributed by atoms with van der Waals surface area (Å²) in [5, 5.41) is 30.9. The van der Waals surface area contributed by atoms with Gasteiger partial charge in [-0.15, -0.1) is 10.1 Å². The average molecular weight is 173 g/mol. The van der Waals surface area contributed by atoms with E-state index >= 15 is 0 Å². The molecule has 0 radical (unpaired) electrons. The molecule has 0 aromatic heterocycles. The summed E-state index contributed by atoms with van der Waals surface area (Å²) >= 11 is 0. The number of rotatable bonds is 0. The lowest BCUT2D eigenvalue weighted by Crippen LogP contribution is -1.81. The van der Waals surface area contributed by atoms with E-state index in [0.717, 1.165) is 0 Å². The molecule has 0 atom stereocenters. The molecule has 0 aliphatic heterocycles. The molecule has 0 heterocycles. The van der Waals surface area contributed by atoms with Crippen LogP contribution in [0.15, 0.2) is 24.3 Å². The molecule has 0 spiro atoms. The lowest BCUT2D eigenvalue weighted by Gasteiger charge is -1.88. The standard InChI is InChI=1S/C6H6O2.HNO3/c7-5-1-2-6(8)4-3-5;2-1(3)4/h1-4,7-8H;(H,2,3,4). The molecule has 3 N–H and O–H groups in total. The SMILES string of the molecule is O=[N+]([O-])O.Oc1ccc(O)cc1. The van der Waals surface area contributed by atoms with Crippen LogP contribution >= 0.6 is 0 Å². The fourth-order valence-electron chi connectivity index (χ4n) is 0.453. The lowest BCUT2D eigenvalue weighted by molar-refractivity contribution is -0.742. The molecule has 0 saturated carbocycles. The predicted octanol–water partition coefficient (Wildman–Crippen LogP) is 0.750. The zero-order chi connectivity index (χ0) is 9.56. The van der Waals surface area contributed by atoms with Crippen LogP contribution in [-0.2, 0) is 0 Å². The summed E-state index contributed by atoms with van der Waals surface area (Å²) in [7, 11) is 0. The van der Waals surface area contributed by atoms with Gasteiger partial charge >= 0.3 is 0 Å². The Hall–Kier alpha value is -1.98. The normalized spacial score (nSPS) is 8.00. The Morgan fingerprint density at radius 3 is 1.42 bits per heavy atom. The van der Waals surface area contributed by atoms with Gasteiger partial charge in [0, 0.05) is 0 Å². The zero-order valence-electron chi connectivity index (χ0n) is 5.91. The molecule has 0 amide bonds. The van der Waals surface area contributed by atoms with E-state index in [9.17, 15) is 0 Å². The monoisotopic (exact) mass is 173 g/mol. The minimum atomic E-state index is -1.50. The Balaban J connectivity index is 0.000000261. The van der Waals surface area contributed by atoms with Crippen LogP contribution in [0, 0.1) is 10.1 Å². The quantitative estimate of drug-likeness (QED) is 0.305. The first kappa shape index (κ1) is 10.0. The van der Waals surface area contributed by atoms with Crippen molar-refractivity contribution in [3.63, 3.8) is 0 Å². The van der Waals surface area contributed by atoms with Crippen LogP contribution in [0.1, 0.15) is 0 Å². The fraction of sp³-hybridized carbons (Fsp3) is 0. The highest BCUT2D eigenvalue weighted by Gasteiger charge is 1.84. The molecule has 6 heteroatoms. The summed E-state index contributed by atoms with van der Waals surface area (Å²) in [5.74, 6) is 0.339. The average Bonchev–Trinajstić information content (AvgIpc) is 1.94. The van der Waals surface area contributed by atoms with Gasteiger partial charge in [-0.05, 0) is 24.3 Å². The molecule has 1 aromatic rings. The Morgan fingerprint density at radius 1 is 1.08 bits per heavy atom. The number of phenols is 2. The first-order chi connectivity index (χ1) is 5.52. The summed E-state index contributed by atoms with van der Waals surface area (Å²) in [5.41, 5.74) is 0. The van der Waals surface area contributed by atoms with E-state index in [0.29, 0.717) is 0 Å². The zero-order valence-corrected chi connectivity index (χ0v) is 5.91. The van der Waals surface area contributed by atoms with Gasteiger partial charge in [-0.1, -0.05) is 0 Å². The van der Waals surface area contributed by atoms with Crippen molar-refractivity contribution in [1.82, 2.24) is 0 Å². The van der Waals surface area contributed by atoms with E-state index < -0.39 is 5.09 Å². The molecule has 66 valence electrons. The number of hydrogen-bond acceptors (Lipinski definition) is 4. The van der Waals surface area contributed by atoms with Crippen molar-refractivity contribution in [2.75, 3.05) is 0 Å². The molecule has 1 rings (SSSR count). The molecule has 0 fully saturated rings. The maximum atomic E-state index is 8.65. The van der Waals surface area contributed by atoms with Gasteiger partial charge < -0.3 is 15.4 Å². The van der Waals surface area contributed by atoms with Gasteiger partial charge in [0.2, 0.25) is 0 Å². The van der Waals surface area contributed by atoms with Crippen LogP contribution in [0.2, 0.25) is 0 Å². The van der Waals surface area contributed by atoms with Gasteiger partial charge in [0.1, 0.15) is 11.5 Å². The molecule has 0 aliphatic carbocycles. The Morgan fingerprint density at radius 2 is 1.25 bits per heavy atom. The largest absolute Gasteiger partial charge is 0.508 e. The van der Waals surface area contributed by atoms with Crippen LogP contribution in [0.3, 0.4) is 0 Å². The third kappa shape index (κ3) is 6.14. The first-order valence-electron chi connectivity index (χ1n) is 2.83. The van der Waals surface area contributed by atoms with E-state index in [-0.39, 0.29) is 11.5 Å². The first-order valence-corrected chi connectivity index (χ1v) is 2.83. The molecule has 0 unspecified atom stereocenters. The second-order valence-corrected chi connectivity index (χ2v) is 1.75. The summed E-state index contributed by atoms with van der Waals surface area (Å²) in [6, 6.07) is 5.70. The molecule has 0 saturated heterocycles. The number of benzene rings is 1. The van der Waals surface area contributed by atoms with Crippen LogP contribution in [-0.4, -0.2) is 20.5 Å². The van der Waals surface area contributed by atoms with Crippen molar-refractivity contribution in [2.24, 2.45) is 0 Å². The molecule has 1 aromatic carbocycles. The third-order valence-corrected chi connectivity index (χ3v) is 0.850. The highest BCUT2D eigenvalue weighted by atomic mass is 16.9. The minimum Gasteiger partial charge on any atom is -0.508 e. The van der Waals surface area contributed by atoms with E-state index in [1.807, 2.05) is 0 Å². The lowest BCUT2D eigenvalue weighted by atomic mass is 10.3. The molecular formula is C6H7NO5. The Kier molecular flexibility index (Phi) is 3.99. The van der Waals surface area contributed by atoms with Gasteiger partial charge in [-0.3, -0.25) is 0 Å². The van der Waals surface area contributed by atoms with Gasteiger partial charge in [0.15, 0.2) is 0 Å². The Labute approximate surface area is 67.4 Å². The van der Waals surface area contributed by atoms with E-state index in [2.05, 4.69) is 0 Å². The number of hydrogen-bond donors (Lipinski definition) is 3. The topological polar surface area (TPSA) is 104 Å². The van der Waals surface area contributed by atoms with Gasteiger partial charge in [-0.25, -0.2) is 0 Å². The highest BCUT2D eigenvalue weighted by molar-refractivity contribution is 5.28. The van der Waals surface area contributed by atoms with Crippen molar-refractivity contribution >= 4 is 0 Å². The van der Waals surface area contributed by atoms with E-state index in [4.69, 9.17) is 25.5 Å². The smallest absolute Gasteiger partial charge is 0.291 e. The van der Waals surface area contributed by atoms with Crippen molar-refractivity contribution in [3.8, 4) is 11.5 Å². The maximum Gasteiger partial charge on any atom is 0.291 e. The van der Waals surface area contributed by atoms with Crippen LogP contribution in [0.25, 0.3) is 0 Å².